The highest BCUT2D eigenvalue weighted by molar-refractivity contribution is 7.89. The molecule has 0 aliphatic heterocycles. The van der Waals surface area contributed by atoms with Gasteiger partial charge in [0.1, 0.15) is 11.6 Å². The second-order valence-electron chi connectivity index (χ2n) is 5.01. The Hall–Kier alpha value is -1.88. The highest BCUT2D eigenvalue weighted by Gasteiger charge is 2.26. The van der Waals surface area contributed by atoms with Crippen molar-refractivity contribution in [2.45, 2.75) is 22.8 Å². The Bertz CT molecular complexity index is 956. The molecule has 2 aromatic carbocycles. The highest BCUT2D eigenvalue weighted by atomic mass is 32.2. The quantitative estimate of drug-likeness (QED) is 0.827. The maximum atomic E-state index is 13.7. The van der Waals surface area contributed by atoms with Crippen molar-refractivity contribution in [3.63, 3.8) is 0 Å². The van der Waals surface area contributed by atoms with E-state index in [4.69, 9.17) is 5.14 Å². The first-order valence-electron chi connectivity index (χ1n) is 6.61. The van der Waals surface area contributed by atoms with E-state index in [1.807, 2.05) is 0 Å². The number of halogens is 2. The third-order valence-corrected chi connectivity index (χ3v) is 5.71. The van der Waals surface area contributed by atoms with Crippen LogP contribution in [0, 0.1) is 11.6 Å². The van der Waals surface area contributed by atoms with E-state index >= 15 is 0 Å². The van der Waals surface area contributed by atoms with E-state index in [-0.39, 0.29) is 10.5 Å². The summed E-state index contributed by atoms with van der Waals surface area (Å²) >= 11 is 0. The fraction of sp³-hybridized carbons (Fsp3) is 0.143. The molecular weight excluding hydrogens is 362 g/mol. The molecule has 1 atom stereocenters. The van der Waals surface area contributed by atoms with Crippen LogP contribution in [0.4, 0.5) is 8.78 Å². The van der Waals surface area contributed by atoms with Crippen LogP contribution in [-0.4, -0.2) is 16.8 Å². The van der Waals surface area contributed by atoms with Gasteiger partial charge in [-0.1, -0.05) is 18.2 Å². The highest BCUT2D eigenvalue weighted by Crippen LogP contribution is 2.22. The molecule has 0 radical (unpaired) electrons. The normalized spacial score (nSPS) is 13.7. The minimum Gasteiger partial charge on any atom is -0.225 e. The van der Waals surface area contributed by atoms with E-state index < -0.39 is 42.6 Å². The molecule has 0 fully saturated rings. The summed E-state index contributed by atoms with van der Waals surface area (Å²) in [6, 6.07) is 7.01. The summed E-state index contributed by atoms with van der Waals surface area (Å²) in [6.07, 6.45) is 0. The van der Waals surface area contributed by atoms with Crippen LogP contribution in [0.1, 0.15) is 18.5 Å². The Kier molecular flexibility index (Phi) is 5.04. The Morgan fingerprint density at radius 1 is 1.00 bits per heavy atom. The van der Waals surface area contributed by atoms with E-state index in [0.717, 1.165) is 18.2 Å². The number of sulfonamides is 2. The lowest BCUT2D eigenvalue weighted by Crippen LogP contribution is -2.28. The van der Waals surface area contributed by atoms with E-state index in [9.17, 15) is 25.6 Å². The first-order chi connectivity index (χ1) is 11.0. The molecule has 10 heteroatoms. The Labute approximate surface area is 138 Å². The molecule has 2 aromatic rings. The molecule has 0 aliphatic rings. The summed E-state index contributed by atoms with van der Waals surface area (Å²) < 4.78 is 76.5. The van der Waals surface area contributed by atoms with Crippen LogP contribution >= 0.6 is 0 Å². The van der Waals surface area contributed by atoms with Gasteiger partial charge in [0.2, 0.25) is 20.0 Å². The van der Waals surface area contributed by atoms with E-state index in [0.29, 0.717) is 0 Å². The number of rotatable bonds is 5. The van der Waals surface area contributed by atoms with Gasteiger partial charge in [-0.05, 0) is 36.8 Å². The molecule has 0 spiro atoms. The lowest BCUT2D eigenvalue weighted by atomic mass is 10.1. The van der Waals surface area contributed by atoms with Gasteiger partial charge in [-0.3, -0.25) is 0 Å². The summed E-state index contributed by atoms with van der Waals surface area (Å²) in [4.78, 5) is -1.30. The number of benzene rings is 2. The van der Waals surface area contributed by atoms with Crippen molar-refractivity contribution in [2.75, 3.05) is 0 Å². The van der Waals surface area contributed by atoms with Crippen molar-refractivity contribution in [3.05, 3.63) is 59.7 Å². The predicted molar refractivity (Wildman–Crippen MR) is 82.9 cm³/mol. The molecule has 3 N–H and O–H groups in total. The summed E-state index contributed by atoms with van der Waals surface area (Å²) in [6.45, 7) is 1.40. The lowest BCUT2D eigenvalue weighted by molar-refractivity contribution is 0.509. The molecule has 1 unspecified atom stereocenters. The largest absolute Gasteiger partial charge is 0.246 e. The molecule has 0 saturated heterocycles. The van der Waals surface area contributed by atoms with Gasteiger partial charge < -0.3 is 0 Å². The number of hydrogen-bond acceptors (Lipinski definition) is 4. The Morgan fingerprint density at radius 3 is 2.08 bits per heavy atom. The van der Waals surface area contributed by atoms with Crippen molar-refractivity contribution in [3.8, 4) is 0 Å². The van der Waals surface area contributed by atoms with Gasteiger partial charge in [0, 0.05) is 6.04 Å². The first-order valence-corrected chi connectivity index (χ1v) is 9.64. The summed E-state index contributed by atoms with van der Waals surface area (Å²) in [5.74, 6) is -2.46. The standard InChI is InChI=1S/C14H14F2N2O4S2/c1-9(10-4-2-5-11(8-10)23(17,19)20)18-24(21,22)14-12(15)6-3-7-13(14)16/h2-9,18H,1H3,(H2,17,19,20). The lowest BCUT2D eigenvalue weighted by Gasteiger charge is -2.16. The van der Waals surface area contributed by atoms with Gasteiger partial charge in [-0.2, -0.15) is 0 Å². The van der Waals surface area contributed by atoms with Crippen molar-refractivity contribution in [1.29, 1.82) is 0 Å². The third kappa shape index (κ3) is 3.96. The van der Waals surface area contributed by atoms with Gasteiger partial charge >= 0.3 is 0 Å². The van der Waals surface area contributed by atoms with Gasteiger partial charge in [-0.25, -0.2) is 35.5 Å². The molecule has 0 aromatic heterocycles. The molecular formula is C14H14F2N2O4S2. The number of nitrogens with two attached hydrogens (primary N) is 1. The second-order valence-corrected chi connectivity index (χ2v) is 8.22. The van der Waals surface area contributed by atoms with Crippen LogP contribution in [-0.2, 0) is 20.0 Å². The van der Waals surface area contributed by atoms with Gasteiger partial charge in [-0.15, -0.1) is 0 Å². The zero-order valence-corrected chi connectivity index (χ0v) is 14.0. The van der Waals surface area contributed by atoms with Crippen molar-refractivity contribution >= 4 is 20.0 Å². The summed E-state index contributed by atoms with van der Waals surface area (Å²) in [5, 5.41) is 5.02. The molecule has 24 heavy (non-hydrogen) atoms. The van der Waals surface area contributed by atoms with Gasteiger partial charge in [0.15, 0.2) is 4.90 Å². The van der Waals surface area contributed by atoms with Crippen molar-refractivity contribution in [2.24, 2.45) is 5.14 Å². The zero-order chi connectivity index (χ0) is 18.1. The summed E-state index contributed by atoms with van der Waals surface area (Å²) in [5.41, 5.74) is 0.266. The molecule has 0 bridgehead atoms. The Morgan fingerprint density at radius 2 is 1.54 bits per heavy atom. The third-order valence-electron chi connectivity index (χ3n) is 3.21. The monoisotopic (exact) mass is 376 g/mol. The van der Waals surface area contributed by atoms with Crippen LogP contribution in [0.3, 0.4) is 0 Å². The molecule has 0 heterocycles. The fourth-order valence-electron chi connectivity index (χ4n) is 2.06. The molecule has 0 saturated carbocycles. The zero-order valence-electron chi connectivity index (χ0n) is 12.4. The Balaban J connectivity index is 2.37. The maximum Gasteiger partial charge on any atom is 0.246 e. The van der Waals surface area contributed by atoms with E-state index in [2.05, 4.69) is 4.72 Å². The minimum atomic E-state index is -4.50. The smallest absolute Gasteiger partial charge is 0.225 e. The molecule has 0 aliphatic carbocycles. The number of hydrogen-bond donors (Lipinski definition) is 2. The number of nitrogens with one attached hydrogen (secondary N) is 1. The average molecular weight is 376 g/mol. The maximum absolute atomic E-state index is 13.7. The van der Waals surface area contributed by atoms with Crippen molar-refractivity contribution < 1.29 is 25.6 Å². The number of primary sulfonamides is 1. The van der Waals surface area contributed by atoms with E-state index in [1.54, 1.807) is 0 Å². The van der Waals surface area contributed by atoms with Crippen molar-refractivity contribution in [1.82, 2.24) is 4.72 Å². The molecule has 130 valence electrons. The van der Waals surface area contributed by atoms with Crippen LogP contribution < -0.4 is 9.86 Å². The van der Waals surface area contributed by atoms with Crippen LogP contribution in [0.25, 0.3) is 0 Å². The van der Waals surface area contributed by atoms with Gasteiger partial charge in [0.05, 0.1) is 4.90 Å². The first kappa shape index (κ1) is 18.5. The molecule has 6 nitrogen and oxygen atoms in total. The predicted octanol–water partition coefficient (Wildman–Crippen LogP) is 1.65. The minimum absolute atomic E-state index is 0.205. The average Bonchev–Trinajstić information content (AvgIpc) is 2.45. The van der Waals surface area contributed by atoms with E-state index in [1.165, 1.54) is 31.2 Å². The molecule has 2 rings (SSSR count). The fourth-order valence-corrected chi connectivity index (χ4v) is 4.00. The SMILES string of the molecule is CC(NS(=O)(=O)c1c(F)cccc1F)c1cccc(S(N)(=O)=O)c1. The van der Waals surface area contributed by atoms with Crippen LogP contribution in [0.5, 0.6) is 0 Å². The van der Waals surface area contributed by atoms with Gasteiger partial charge in [0.25, 0.3) is 0 Å². The summed E-state index contributed by atoms with van der Waals surface area (Å²) in [7, 11) is -8.46. The second kappa shape index (κ2) is 6.55. The van der Waals surface area contributed by atoms with Crippen LogP contribution in [0.2, 0.25) is 0 Å². The molecule has 0 amide bonds. The topological polar surface area (TPSA) is 106 Å². The van der Waals surface area contributed by atoms with Crippen LogP contribution in [0.15, 0.2) is 52.3 Å².